The lowest BCUT2D eigenvalue weighted by molar-refractivity contribution is 0.414. The predicted molar refractivity (Wildman–Crippen MR) is 60.4 cm³/mol. The van der Waals surface area contributed by atoms with Gasteiger partial charge in [-0.2, -0.15) is 0 Å². The summed E-state index contributed by atoms with van der Waals surface area (Å²) in [5, 5.41) is 7.19. The maximum atomic E-state index is 3.74. The molecular weight excluding hydrogens is 172 g/mol. The Morgan fingerprint density at radius 3 is 2.14 bits per heavy atom. The van der Waals surface area contributed by atoms with Crippen molar-refractivity contribution >= 4 is 0 Å². The van der Waals surface area contributed by atoms with E-state index in [0.29, 0.717) is 0 Å². The second-order valence-corrected chi connectivity index (χ2v) is 4.90. The van der Waals surface area contributed by atoms with Crippen LogP contribution in [0.4, 0.5) is 0 Å². The van der Waals surface area contributed by atoms with Crippen LogP contribution in [0, 0.1) is 11.8 Å². The largest absolute Gasteiger partial charge is 0.315 e. The average Bonchev–Trinajstić information content (AvgIpc) is 3.03. The first-order valence-corrected chi connectivity index (χ1v) is 6.36. The molecule has 14 heavy (non-hydrogen) atoms. The van der Waals surface area contributed by atoms with Gasteiger partial charge in [0, 0.05) is 19.1 Å². The number of hydrogen-bond donors (Lipinski definition) is 2. The van der Waals surface area contributed by atoms with Crippen LogP contribution >= 0.6 is 0 Å². The number of hydrogen-bond acceptors (Lipinski definition) is 2. The van der Waals surface area contributed by atoms with Crippen molar-refractivity contribution in [1.29, 1.82) is 0 Å². The van der Waals surface area contributed by atoms with Gasteiger partial charge in [-0.1, -0.05) is 6.92 Å². The second-order valence-electron chi connectivity index (χ2n) is 4.90. The van der Waals surface area contributed by atoms with Crippen LogP contribution < -0.4 is 10.6 Å². The highest BCUT2D eigenvalue weighted by atomic mass is 15.0. The highest BCUT2D eigenvalue weighted by Gasteiger charge is 2.40. The van der Waals surface area contributed by atoms with Crippen molar-refractivity contribution in [2.45, 2.75) is 45.1 Å². The van der Waals surface area contributed by atoms with E-state index in [2.05, 4.69) is 17.6 Å². The Morgan fingerprint density at radius 2 is 1.64 bits per heavy atom. The fraction of sp³-hybridized carbons (Fsp3) is 1.00. The van der Waals surface area contributed by atoms with Crippen molar-refractivity contribution in [2.24, 2.45) is 11.8 Å². The van der Waals surface area contributed by atoms with Gasteiger partial charge >= 0.3 is 0 Å². The van der Waals surface area contributed by atoms with Crippen LogP contribution in [0.25, 0.3) is 0 Å². The molecule has 0 amide bonds. The molecule has 2 aliphatic rings. The number of nitrogens with one attached hydrogen (secondary N) is 2. The van der Waals surface area contributed by atoms with Gasteiger partial charge in [-0.05, 0) is 50.5 Å². The molecule has 0 radical (unpaired) electrons. The maximum absolute atomic E-state index is 3.74. The van der Waals surface area contributed by atoms with E-state index in [1.165, 1.54) is 38.6 Å². The van der Waals surface area contributed by atoms with Crippen LogP contribution in [-0.4, -0.2) is 25.7 Å². The van der Waals surface area contributed by atoms with Gasteiger partial charge in [0.25, 0.3) is 0 Å². The predicted octanol–water partition coefficient (Wildman–Crippen LogP) is 1.76. The first kappa shape index (κ1) is 10.4. The van der Waals surface area contributed by atoms with E-state index in [1.54, 1.807) is 0 Å². The Labute approximate surface area is 87.8 Å². The molecule has 2 N–H and O–H groups in total. The van der Waals surface area contributed by atoms with Gasteiger partial charge < -0.3 is 10.6 Å². The lowest BCUT2D eigenvalue weighted by atomic mass is 10.1. The van der Waals surface area contributed by atoms with Crippen molar-refractivity contribution in [2.75, 3.05) is 19.6 Å². The molecule has 82 valence electrons. The van der Waals surface area contributed by atoms with Gasteiger partial charge in [-0.15, -0.1) is 0 Å². The van der Waals surface area contributed by atoms with Gasteiger partial charge in [0.05, 0.1) is 0 Å². The zero-order valence-corrected chi connectivity index (χ0v) is 9.39. The summed E-state index contributed by atoms with van der Waals surface area (Å²) in [5.41, 5.74) is 0. The maximum Gasteiger partial charge on any atom is 0.0124 e. The summed E-state index contributed by atoms with van der Waals surface area (Å²) >= 11 is 0. The smallest absolute Gasteiger partial charge is 0.0124 e. The lowest BCUT2D eigenvalue weighted by Crippen LogP contribution is -2.38. The van der Waals surface area contributed by atoms with E-state index in [-0.39, 0.29) is 0 Å². The Balaban J connectivity index is 1.53. The molecule has 0 aromatic carbocycles. The van der Waals surface area contributed by atoms with Crippen LogP contribution in [0.15, 0.2) is 0 Å². The first-order chi connectivity index (χ1) is 6.92. The summed E-state index contributed by atoms with van der Waals surface area (Å²) in [7, 11) is 0. The molecule has 2 aliphatic carbocycles. The summed E-state index contributed by atoms with van der Waals surface area (Å²) in [6, 6.07) is 0.874. The number of rotatable bonds is 8. The highest BCUT2D eigenvalue weighted by molar-refractivity contribution is 4.96. The minimum atomic E-state index is 0.874. The van der Waals surface area contributed by atoms with Gasteiger partial charge in [0.1, 0.15) is 0 Å². The summed E-state index contributed by atoms with van der Waals surface area (Å²) < 4.78 is 0. The Kier molecular flexibility index (Phi) is 3.82. The first-order valence-electron chi connectivity index (χ1n) is 6.36. The van der Waals surface area contributed by atoms with Gasteiger partial charge in [-0.3, -0.25) is 0 Å². The quantitative estimate of drug-likeness (QED) is 0.578. The summed E-state index contributed by atoms with van der Waals surface area (Å²) in [6.07, 6.45) is 7.18. The molecule has 0 unspecified atom stereocenters. The van der Waals surface area contributed by atoms with Crippen LogP contribution in [0.1, 0.15) is 39.0 Å². The normalized spacial score (nSPS) is 21.9. The van der Waals surface area contributed by atoms with Crippen molar-refractivity contribution < 1.29 is 0 Å². The van der Waals surface area contributed by atoms with E-state index in [4.69, 9.17) is 0 Å². The zero-order chi connectivity index (χ0) is 9.80. The Bertz CT molecular complexity index is 150. The molecule has 0 bridgehead atoms. The highest BCUT2D eigenvalue weighted by Crippen LogP contribution is 2.44. The third-order valence-electron chi connectivity index (χ3n) is 3.37. The summed E-state index contributed by atoms with van der Waals surface area (Å²) in [6.45, 7) is 5.69. The van der Waals surface area contributed by atoms with Crippen molar-refractivity contribution in [3.8, 4) is 0 Å². The van der Waals surface area contributed by atoms with Gasteiger partial charge in [-0.25, -0.2) is 0 Å². The van der Waals surface area contributed by atoms with Crippen molar-refractivity contribution in [3.05, 3.63) is 0 Å². The molecule has 2 rings (SSSR count). The monoisotopic (exact) mass is 196 g/mol. The fourth-order valence-corrected chi connectivity index (χ4v) is 2.26. The topological polar surface area (TPSA) is 24.1 Å². The third kappa shape index (κ3) is 3.25. The molecule has 2 nitrogen and oxygen atoms in total. The Morgan fingerprint density at radius 1 is 1.00 bits per heavy atom. The van der Waals surface area contributed by atoms with Crippen molar-refractivity contribution in [3.63, 3.8) is 0 Å². The van der Waals surface area contributed by atoms with E-state index < -0.39 is 0 Å². The van der Waals surface area contributed by atoms with E-state index in [9.17, 15) is 0 Å². The molecule has 2 fully saturated rings. The van der Waals surface area contributed by atoms with E-state index >= 15 is 0 Å². The zero-order valence-electron chi connectivity index (χ0n) is 9.39. The molecule has 0 aromatic heterocycles. The standard InChI is InChI=1S/C12H24N2/c1-2-7-13-8-9-14-12(10-3-4-10)11-5-6-11/h10-14H,2-9H2,1H3. The molecule has 0 aliphatic heterocycles. The van der Waals surface area contributed by atoms with Crippen LogP contribution in [0.3, 0.4) is 0 Å². The van der Waals surface area contributed by atoms with Gasteiger partial charge in [0.2, 0.25) is 0 Å². The van der Waals surface area contributed by atoms with Crippen LogP contribution in [-0.2, 0) is 0 Å². The molecule has 0 atom stereocenters. The molecule has 2 heteroatoms. The molecule has 0 spiro atoms. The van der Waals surface area contributed by atoms with Gasteiger partial charge in [0.15, 0.2) is 0 Å². The lowest BCUT2D eigenvalue weighted by Gasteiger charge is -2.17. The molecule has 0 heterocycles. The minimum absolute atomic E-state index is 0.874. The average molecular weight is 196 g/mol. The molecule has 0 saturated heterocycles. The molecular formula is C12H24N2. The second kappa shape index (κ2) is 5.13. The van der Waals surface area contributed by atoms with E-state index in [1.807, 2.05) is 0 Å². The SMILES string of the molecule is CCCNCCNC(C1CC1)C1CC1. The minimum Gasteiger partial charge on any atom is -0.315 e. The molecule has 0 aromatic rings. The van der Waals surface area contributed by atoms with E-state index in [0.717, 1.165) is 31.0 Å². The fourth-order valence-electron chi connectivity index (χ4n) is 2.26. The summed E-state index contributed by atoms with van der Waals surface area (Å²) in [4.78, 5) is 0. The summed E-state index contributed by atoms with van der Waals surface area (Å²) in [5.74, 6) is 2.07. The third-order valence-corrected chi connectivity index (χ3v) is 3.37. The molecule has 2 saturated carbocycles. The van der Waals surface area contributed by atoms with Crippen LogP contribution in [0.2, 0.25) is 0 Å². The van der Waals surface area contributed by atoms with Crippen molar-refractivity contribution in [1.82, 2.24) is 10.6 Å². The Hall–Kier alpha value is -0.0800. The van der Waals surface area contributed by atoms with Crippen LogP contribution in [0.5, 0.6) is 0 Å².